The largest absolute Gasteiger partial charge is 0.507 e. The molecule has 0 aliphatic carbocycles. The molecule has 2 aromatic carbocycles. The summed E-state index contributed by atoms with van der Waals surface area (Å²) in [5, 5.41) is 19.6. The summed E-state index contributed by atoms with van der Waals surface area (Å²) in [7, 11) is 0. The van der Waals surface area contributed by atoms with Gasteiger partial charge in [0, 0.05) is 13.0 Å². The number of aromatic hydroxyl groups is 1. The van der Waals surface area contributed by atoms with Crippen LogP contribution < -0.4 is 5.73 Å². The number of fused-ring (bicyclic) bond motifs is 1. The van der Waals surface area contributed by atoms with Gasteiger partial charge >= 0.3 is 5.97 Å². The Morgan fingerprint density at radius 2 is 1.93 bits per heavy atom. The number of aryl methyl sites for hydroxylation is 1. The second kappa shape index (κ2) is 8.08. The molecule has 0 spiro atoms. The van der Waals surface area contributed by atoms with E-state index in [2.05, 4.69) is 22.6 Å². The molecule has 1 aliphatic heterocycles. The van der Waals surface area contributed by atoms with E-state index < -0.39 is 18.1 Å². The Labute approximate surface area is 177 Å². The first-order chi connectivity index (χ1) is 13.2. The molecule has 2 atom stereocenters. The highest BCUT2D eigenvalue weighted by molar-refractivity contribution is 14.1. The van der Waals surface area contributed by atoms with Crippen LogP contribution >= 0.6 is 22.6 Å². The van der Waals surface area contributed by atoms with Gasteiger partial charge in [-0.3, -0.25) is 4.79 Å². The van der Waals surface area contributed by atoms with Gasteiger partial charge in [-0.1, -0.05) is 24.3 Å². The zero-order valence-electron chi connectivity index (χ0n) is 15.8. The molecule has 7 heteroatoms. The van der Waals surface area contributed by atoms with Crippen molar-refractivity contribution in [1.29, 1.82) is 0 Å². The Morgan fingerprint density at radius 3 is 2.57 bits per heavy atom. The van der Waals surface area contributed by atoms with E-state index in [1.807, 2.05) is 38.1 Å². The lowest BCUT2D eigenvalue weighted by atomic mass is 9.91. The molecule has 1 amide bonds. The third kappa shape index (κ3) is 3.86. The van der Waals surface area contributed by atoms with Gasteiger partial charge in [-0.2, -0.15) is 0 Å². The number of carboxylic acid groups (broad SMARTS) is 1. The molecule has 0 radical (unpaired) electrons. The van der Waals surface area contributed by atoms with Crippen LogP contribution in [-0.4, -0.2) is 39.1 Å². The topological polar surface area (TPSA) is 104 Å². The highest BCUT2D eigenvalue weighted by Gasteiger charge is 2.36. The van der Waals surface area contributed by atoms with Crippen molar-refractivity contribution in [3.8, 4) is 5.75 Å². The maximum atomic E-state index is 13.1. The number of nitrogens with zero attached hydrogens (tertiary/aromatic N) is 1. The summed E-state index contributed by atoms with van der Waals surface area (Å²) in [6, 6.07) is 7.46. The third-order valence-electron chi connectivity index (χ3n) is 5.39. The van der Waals surface area contributed by atoms with Gasteiger partial charge in [0.05, 0.1) is 9.61 Å². The van der Waals surface area contributed by atoms with Crippen LogP contribution in [0.1, 0.15) is 27.8 Å². The van der Waals surface area contributed by atoms with E-state index in [4.69, 9.17) is 5.73 Å². The Balaban J connectivity index is 1.87. The van der Waals surface area contributed by atoms with Gasteiger partial charge in [0.15, 0.2) is 0 Å². The summed E-state index contributed by atoms with van der Waals surface area (Å²) in [5.74, 6) is -1.19. The van der Waals surface area contributed by atoms with Gasteiger partial charge in [-0.05, 0) is 76.7 Å². The summed E-state index contributed by atoms with van der Waals surface area (Å²) in [5.41, 5.74) is 10.8. The molecule has 4 N–H and O–H groups in total. The summed E-state index contributed by atoms with van der Waals surface area (Å²) >= 11 is 2.07. The van der Waals surface area contributed by atoms with Crippen LogP contribution in [0.25, 0.3) is 0 Å². The van der Waals surface area contributed by atoms with Crippen molar-refractivity contribution >= 4 is 34.5 Å². The fourth-order valence-electron chi connectivity index (χ4n) is 3.79. The summed E-state index contributed by atoms with van der Waals surface area (Å²) in [4.78, 5) is 26.3. The summed E-state index contributed by atoms with van der Waals surface area (Å²) in [6.45, 7) is 4.00. The smallest absolute Gasteiger partial charge is 0.326 e. The van der Waals surface area contributed by atoms with Crippen LogP contribution in [0.3, 0.4) is 0 Å². The minimum Gasteiger partial charge on any atom is -0.507 e. The second-order valence-corrected chi connectivity index (χ2v) is 8.31. The number of carboxylic acids is 1. The molecule has 0 saturated carbocycles. The highest BCUT2D eigenvalue weighted by atomic mass is 127. The number of phenolic OH excluding ortho intramolecular Hbond substituents is 1. The Hall–Kier alpha value is -2.13. The number of rotatable bonds is 4. The molecule has 1 unspecified atom stereocenters. The van der Waals surface area contributed by atoms with Crippen LogP contribution in [0.4, 0.5) is 0 Å². The molecule has 0 fully saturated rings. The molecule has 1 aliphatic rings. The molecule has 1 heterocycles. The number of aliphatic carboxylic acids is 1. The van der Waals surface area contributed by atoms with Gasteiger partial charge < -0.3 is 20.8 Å². The number of halogens is 1. The predicted molar refractivity (Wildman–Crippen MR) is 114 cm³/mol. The van der Waals surface area contributed by atoms with E-state index >= 15 is 0 Å². The fourth-order valence-corrected chi connectivity index (χ4v) is 4.27. The number of hydrogen-bond acceptors (Lipinski definition) is 4. The molecular formula is C21H23IN2O4. The van der Waals surface area contributed by atoms with Crippen LogP contribution in [0.15, 0.2) is 30.3 Å². The SMILES string of the molecule is Cc1cc(O)c(I)c(C)c1C[C@H](N)C(=O)N1Cc2ccccc2CC1C(=O)O. The highest BCUT2D eigenvalue weighted by Crippen LogP contribution is 2.30. The zero-order chi connectivity index (χ0) is 20.6. The van der Waals surface area contributed by atoms with Crippen molar-refractivity contribution in [2.24, 2.45) is 5.73 Å². The van der Waals surface area contributed by atoms with Crippen LogP contribution in [0.2, 0.25) is 0 Å². The van der Waals surface area contributed by atoms with E-state index in [-0.39, 0.29) is 31.0 Å². The number of benzene rings is 2. The average Bonchev–Trinajstić information content (AvgIpc) is 2.67. The first-order valence-corrected chi connectivity index (χ1v) is 10.1. The Bertz CT molecular complexity index is 944. The van der Waals surface area contributed by atoms with Crippen LogP contribution in [-0.2, 0) is 29.0 Å². The number of amides is 1. The number of carbonyl (C=O) groups excluding carboxylic acids is 1. The minimum atomic E-state index is -1.03. The lowest BCUT2D eigenvalue weighted by Crippen LogP contribution is -2.54. The number of carbonyl (C=O) groups is 2. The van der Waals surface area contributed by atoms with Gasteiger partial charge in [0.2, 0.25) is 5.91 Å². The normalized spacial score (nSPS) is 17.1. The van der Waals surface area contributed by atoms with Crippen molar-refractivity contribution < 1.29 is 19.8 Å². The van der Waals surface area contributed by atoms with Crippen molar-refractivity contribution in [2.75, 3.05) is 0 Å². The van der Waals surface area contributed by atoms with Crippen molar-refractivity contribution in [1.82, 2.24) is 4.90 Å². The first-order valence-electron chi connectivity index (χ1n) is 9.04. The molecule has 2 aromatic rings. The first kappa shape index (κ1) is 20.6. The fraction of sp³-hybridized carbons (Fsp3) is 0.333. The lowest BCUT2D eigenvalue weighted by molar-refractivity contribution is -0.152. The molecule has 0 aromatic heterocycles. The summed E-state index contributed by atoms with van der Waals surface area (Å²) in [6.07, 6.45) is 0.566. The third-order valence-corrected chi connectivity index (χ3v) is 6.76. The standard InChI is InChI=1S/C21H23IN2O4/c1-11-7-18(25)19(22)12(2)15(11)9-16(23)20(26)24-10-14-6-4-3-5-13(14)8-17(24)21(27)28/h3-7,16-17,25H,8-10,23H2,1-2H3,(H,27,28)/t16-,17?/m0/s1. The predicted octanol–water partition coefficient (Wildman–Crippen LogP) is 2.52. The van der Waals surface area contributed by atoms with Crippen molar-refractivity contribution in [3.63, 3.8) is 0 Å². The van der Waals surface area contributed by atoms with Crippen molar-refractivity contribution in [3.05, 3.63) is 61.7 Å². The molecule has 6 nitrogen and oxygen atoms in total. The van der Waals surface area contributed by atoms with E-state index in [0.717, 1.165) is 31.4 Å². The monoisotopic (exact) mass is 494 g/mol. The maximum absolute atomic E-state index is 13.1. The van der Waals surface area contributed by atoms with Crippen LogP contribution in [0, 0.1) is 17.4 Å². The zero-order valence-corrected chi connectivity index (χ0v) is 17.9. The van der Waals surface area contributed by atoms with Gasteiger partial charge in [-0.15, -0.1) is 0 Å². The molecular weight excluding hydrogens is 471 g/mol. The average molecular weight is 494 g/mol. The van der Waals surface area contributed by atoms with Gasteiger partial charge in [0.1, 0.15) is 11.8 Å². The van der Waals surface area contributed by atoms with E-state index in [9.17, 15) is 19.8 Å². The molecule has 28 heavy (non-hydrogen) atoms. The Kier molecular flexibility index (Phi) is 5.95. The molecule has 3 rings (SSSR count). The van der Waals surface area contributed by atoms with E-state index in [1.165, 1.54) is 4.90 Å². The maximum Gasteiger partial charge on any atom is 0.326 e. The number of hydrogen-bond donors (Lipinski definition) is 3. The lowest BCUT2D eigenvalue weighted by Gasteiger charge is -2.36. The minimum absolute atomic E-state index is 0.206. The quantitative estimate of drug-likeness (QED) is 0.567. The summed E-state index contributed by atoms with van der Waals surface area (Å²) < 4.78 is 0.730. The number of phenols is 1. The van der Waals surface area contributed by atoms with Gasteiger partial charge in [0.25, 0.3) is 0 Å². The van der Waals surface area contributed by atoms with Crippen LogP contribution in [0.5, 0.6) is 5.75 Å². The molecule has 0 saturated heterocycles. The van der Waals surface area contributed by atoms with Crippen molar-refractivity contribution in [2.45, 2.75) is 45.3 Å². The van der Waals surface area contributed by atoms with E-state index in [1.54, 1.807) is 6.07 Å². The number of nitrogens with two attached hydrogens (primary N) is 1. The Morgan fingerprint density at radius 1 is 1.29 bits per heavy atom. The van der Waals surface area contributed by atoms with E-state index in [0.29, 0.717) is 0 Å². The molecule has 0 bridgehead atoms. The van der Waals surface area contributed by atoms with Gasteiger partial charge in [-0.25, -0.2) is 4.79 Å². The second-order valence-electron chi connectivity index (χ2n) is 7.23. The molecule has 148 valence electrons.